The van der Waals surface area contributed by atoms with Crippen LogP contribution in [0.25, 0.3) is 0 Å². The quantitative estimate of drug-likeness (QED) is 0.221. The monoisotopic (exact) mass is 663 g/mol. The van der Waals surface area contributed by atoms with Gasteiger partial charge < -0.3 is 15.0 Å². The van der Waals surface area contributed by atoms with Gasteiger partial charge in [-0.1, -0.05) is 88.2 Å². The number of methoxy groups -OCH3 is 1. The van der Waals surface area contributed by atoms with E-state index in [1.54, 1.807) is 36.4 Å². The number of carbonyl (C=O) groups is 2. The van der Waals surface area contributed by atoms with Crippen LogP contribution < -0.4 is 14.4 Å². The lowest BCUT2D eigenvalue weighted by atomic mass is 10.0. The van der Waals surface area contributed by atoms with Crippen LogP contribution in [0.2, 0.25) is 0 Å². The highest BCUT2D eigenvalue weighted by Gasteiger charge is 2.35. The van der Waals surface area contributed by atoms with Crippen LogP contribution in [0.4, 0.5) is 5.69 Å². The minimum atomic E-state index is -4.22. The molecule has 224 valence electrons. The molecule has 0 radical (unpaired) electrons. The largest absolute Gasteiger partial charge is 0.495 e. The molecule has 2 amide bonds. The SMILES string of the molecule is CNC(=O)[C@H](Cc1ccccc1)N(Cc1cccc(Br)c1)C(=O)CN(c1ccccc1OC)S(=O)(=O)c1ccc(C)cc1. The van der Waals surface area contributed by atoms with Crippen molar-refractivity contribution >= 4 is 43.5 Å². The van der Waals surface area contributed by atoms with Crippen molar-refractivity contribution in [2.24, 2.45) is 0 Å². The Morgan fingerprint density at radius 1 is 0.884 bits per heavy atom. The smallest absolute Gasteiger partial charge is 0.264 e. The molecule has 0 unspecified atom stereocenters. The summed E-state index contributed by atoms with van der Waals surface area (Å²) in [5.74, 6) is -0.625. The molecule has 4 rings (SSSR count). The number of anilines is 1. The molecule has 0 aliphatic heterocycles. The number of rotatable bonds is 12. The summed E-state index contributed by atoms with van der Waals surface area (Å²) in [5.41, 5.74) is 2.74. The van der Waals surface area contributed by atoms with Gasteiger partial charge in [-0.3, -0.25) is 13.9 Å². The van der Waals surface area contributed by atoms with Gasteiger partial charge in [-0.05, 0) is 54.4 Å². The zero-order valence-corrected chi connectivity index (χ0v) is 26.6. The lowest BCUT2D eigenvalue weighted by Gasteiger charge is -2.34. The fraction of sp³-hybridized carbons (Fsp3) is 0.212. The van der Waals surface area contributed by atoms with Crippen LogP contribution in [-0.4, -0.2) is 51.9 Å². The maximum Gasteiger partial charge on any atom is 0.264 e. The summed E-state index contributed by atoms with van der Waals surface area (Å²) in [7, 11) is -1.26. The van der Waals surface area contributed by atoms with Gasteiger partial charge >= 0.3 is 0 Å². The van der Waals surface area contributed by atoms with Crippen LogP contribution in [0.15, 0.2) is 112 Å². The minimum Gasteiger partial charge on any atom is -0.495 e. The van der Waals surface area contributed by atoms with Crippen LogP contribution in [-0.2, 0) is 32.6 Å². The highest BCUT2D eigenvalue weighted by Crippen LogP contribution is 2.33. The second-order valence-electron chi connectivity index (χ2n) is 9.97. The molecule has 0 aliphatic rings. The molecule has 0 saturated heterocycles. The average molecular weight is 665 g/mol. The van der Waals surface area contributed by atoms with Crippen molar-refractivity contribution in [1.82, 2.24) is 10.2 Å². The van der Waals surface area contributed by atoms with Gasteiger partial charge in [0, 0.05) is 24.5 Å². The Kier molecular flexibility index (Phi) is 10.6. The van der Waals surface area contributed by atoms with Crippen LogP contribution in [0.3, 0.4) is 0 Å². The molecule has 0 heterocycles. The molecule has 0 aromatic heterocycles. The van der Waals surface area contributed by atoms with Crippen molar-refractivity contribution in [3.63, 3.8) is 0 Å². The molecule has 10 heteroatoms. The molecule has 0 saturated carbocycles. The number of benzene rings is 4. The van der Waals surface area contributed by atoms with E-state index in [0.29, 0.717) is 0 Å². The number of likely N-dealkylation sites (N-methyl/N-ethyl adjacent to an activating group) is 1. The van der Waals surface area contributed by atoms with E-state index in [0.717, 1.165) is 25.5 Å². The lowest BCUT2D eigenvalue weighted by molar-refractivity contribution is -0.139. The van der Waals surface area contributed by atoms with Gasteiger partial charge in [-0.25, -0.2) is 8.42 Å². The molecule has 0 bridgehead atoms. The van der Waals surface area contributed by atoms with E-state index in [1.165, 1.54) is 31.2 Å². The Morgan fingerprint density at radius 2 is 1.53 bits per heavy atom. The number of aryl methyl sites for hydroxylation is 1. The maximum absolute atomic E-state index is 14.4. The third-order valence-corrected chi connectivity index (χ3v) is 9.27. The Bertz CT molecular complexity index is 1660. The van der Waals surface area contributed by atoms with Crippen molar-refractivity contribution in [2.75, 3.05) is 25.0 Å². The van der Waals surface area contributed by atoms with Crippen molar-refractivity contribution in [3.8, 4) is 5.75 Å². The predicted molar refractivity (Wildman–Crippen MR) is 171 cm³/mol. The first kappa shape index (κ1) is 31.8. The summed E-state index contributed by atoms with van der Waals surface area (Å²) < 4.78 is 35.7. The van der Waals surface area contributed by atoms with Crippen molar-refractivity contribution in [1.29, 1.82) is 0 Å². The Balaban J connectivity index is 1.81. The van der Waals surface area contributed by atoms with E-state index in [2.05, 4.69) is 21.2 Å². The molecule has 43 heavy (non-hydrogen) atoms. The normalized spacial score (nSPS) is 11.8. The number of amides is 2. The summed E-state index contributed by atoms with van der Waals surface area (Å²) in [6.45, 7) is 1.38. The minimum absolute atomic E-state index is 0.0301. The third kappa shape index (κ3) is 7.82. The second kappa shape index (κ2) is 14.3. The van der Waals surface area contributed by atoms with Gasteiger partial charge in [0.1, 0.15) is 18.3 Å². The molecule has 8 nitrogen and oxygen atoms in total. The van der Waals surface area contributed by atoms with E-state index < -0.39 is 28.5 Å². The molecule has 4 aromatic carbocycles. The molecular formula is C33H34BrN3O5S. The summed E-state index contributed by atoms with van der Waals surface area (Å²) in [4.78, 5) is 29.2. The number of halogens is 1. The summed E-state index contributed by atoms with van der Waals surface area (Å²) >= 11 is 3.48. The van der Waals surface area contributed by atoms with Crippen molar-refractivity contribution in [2.45, 2.75) is 30.8 Å². The van der Waals surface area contributed by atoms with E-state index >= 15 is 0 Å². The number of carbonyl (C=O) groups excluding carboxylic acids is 2. The highest BCUT2D eigenvalue weighted by atomic mass is 79.9. The number of sulfonamides is 1. The fourth-order valence-corrected chi connectivity index (χ4v) is 6.61. The van der Waals surface area contributed by atoms with Crippen LogP contribution in [0.5, 0.6) is 5.75 Å². The van der Waals surface area contributed by atoms with Gasteiger partial charge in [-0.15, -0.1) is 0 Å². The zero-order chi connectivity index (χ0) is 31.0. The summed E-state index contributed by atoms with van der Waals surface area (Å²) in [6, 6.07) is 29.0. The van der Waals surface area contributed by atoms with Gasteiger partial charge in [0.15, 0.2) is 0 Å². The average Bonchev–Trinajstić information content (AvgIpc) is 3.01. The molecule has 0 aliphatic carbocycles. The van der Waals surface area contributed by atoms with Gasteiger partial charge in [-0.2, -0.15) is 0 Å². The standard InChI is InChI=1S/C33H34BrN3O5S/c1-24-16-18-28(19-17-24)43(40,41)37(29-14-7-8-15-31(29)42-3)23-32(38)36(22-26-12-9-13-27(34)20-26)30(33(39)35-2)21-25-10-5-4-6-11-25/h4-20,30H,21-23H2,1-3H3,(H,35,39)/t30-/m0/s1. The molecular weight excluding hydrogens is 630 g/mol. The highest BCUT2D eigenvalue weighted by molar-refractivity contribution is 9.10. The molecule has 0 spiro atoms. The van der Waals surface area contributed by atoms with Crippen molar-refractivity contribution in [3.05, 3.63) is 124 Å². The fourth-order valence-electron chi connectivity index (χ4n) is 4.74. The van der Waals surface area contributed by atoms with Crippen LogP contribution in [0.1, 0.15) is 16.7 Å². The van der Waals surface area contributed by atoms with Crippen LogP contribution >= 0.6 is 15.9 Å². The zero-order valence-electron chi connectivity index (χ0n) is 24.2. The summed E-state index contributed by atoms with van der Waals surface area (Å²) in [6.07, 6.45) is 0.236. The Morgan fingerprint density at radius 3 is 2.19 bits per heavy atom. The van der Waals surface area contributed by atoms with Gasteiger partial charge in [0.25, 0.3) is 10.0 Å². The second-order valence-corrected chi connectivity index (χ2v) is 12.7. The van der Waals surface area contributed by atoms with E-state index in [1.807, 2.05) is 61.5 Å². The number of ether oxygens (including phenoxy) is 1. The molecule has 0 fully saturated rings. The van der Waals surface area contributed by atoms with Crippen LogP contribution in [0, 0.1) is 6.92 Å². The number of hydrogen-bond donors (Lipinski definition) is 1. The first-order valence-electron chi connectivity index (χ1n) is 13.7. The molecule has 4 aromatic rings. The first-order chi connectivity index (χ1) is 20.6. The lowest BCUT2D eigenvalue weighted by Crippen LogP contribution is -2.53. The Labute approximate surface area is 261 Å². The van der Waals surface area contributed by atoms with E-state index in [9.17, 15) is 18.0 Å². The first-order valence-corrected chi connectivity index (χ1v) is 15.9. The van der Waals surface area contributed by atoms with Gasteiger partial charge in [0.05, 0.1) is 17.7 Å². The van der Waals surface area contributed by atoms with E-state index in [-0.39, 0.29) is 35.2 Å². The third-order valence-electron chi connectivity index (χ3n) is 7.00. The maximum atomic E-state index is 14.4. The number of hydrogen-bond acceptors (Lipinski definition) is 5. The van der Waals surface area contributed by atoms with E-state index in [4.69, 9.17) is 4.74 Å². The van der Waals surface area contributed by atoms with Gasteiger partial charge in [0.2, 0.25) is 11.8 Å². The topological polar surface area (TPSA) is 96.0 Å². The Hall–Kier alpha value is -4.15. The number of nitrogens with one attached hydrogen (secondary N) is 1. The van der Waals surface area contributed by atoms with Crippen molar-refractivity contribution < 1.29 is 22.7 Å². The molecule has 1 N–H and O–H groups in total. The predicted octanol–water partition coefficient (Wildman–Crippen LogP) is 5.35. The molecule has 1 atom stereocenters. The number of para-hydroxylation sites is 2. The summed E-state index contributed by atoms with van der Waals surface area (Å²) in [5, 5.41) is 2.69. The number of nitrogens with zero attached hydrogens (tertiary/aromatic N) is 2.